The minimum absolute atomic E-state index is 0.0117. The standard InChI is InChI=1S/C16H26N2O2/c1-6-15(19)17-14-9-7-8-13(10-14)16(20)18(11(2)3)12(4)5/h7-9,11-13H,6,10H2,1-5H3,(H,17,19). The smallest absolute Gasteiger partial charge is 0.230 e. The van der Waals surface area contributed by atoms with Crippen LogP contribution in [-0.4, -0.2) is 28.8 Å². The van der Waals surface area contributed by atoms with Gasteiger partial charge in [0.15, 0.2) is 0 Å². The van der Waals surface area contributed by atoms with Crippen LogP contribution in [-0.2, 0) is 9.59 Å². The normalized spacial score (nSPS) is 18.1. The summed E-state index contributed by atoms with van der Waals surface area (Å²) in [5.41, 5.74) is 0.824. The van der Waals surface area contributed by atoms with E-state index in [1.807, 2.05) is 57.7 Å². The molecule has 1 N–H and O–H groups in total. The first-order valence-corrected chi connectivity index (χ1v) is 7.36. The molecule has 112 valence electrons. The van der Waals surface area contributed by atoms with Crippen molar-refractivity contribution in [2.24, 2.45) is 5.92 Å². The number of hydrogen-bond acceptors (Lipinski definition) is 2. The van der Waals surface area contributed by atoms with Gasteiger partial charge in [-0.25, -0.2) is 0 Å². The van der Waals surface area contributed by atoms with Gasteiger partial charge in [-0.3, -0.25) is 9.59 Å². The zero-order chi connectivity index (χ0) is 15.3. The van der Waals surface area contributed by atoms with Crippen molar-refractivity contribution >= 4 is 11.8 Å². The van der Waals surface area contributed by atoms with Crippen molar-refractivity contribution in [3.8, 4) is 0 Å². The molecular weight excluding hydrogens is 252 g/mol. The van der Waals surface area contributed by atoms with Crippen LogP contribution in [0.2, 0.25) is 0 Å². The summed E-state index contributed by atoms with van der Waals surface area (Å²) in [6.45, 7) is 9.93. The molecule has 1 aliphatic rings. The number of carbonyl (C=O) groups excluding carboxylic acids is 2. The van der Waals surface area contributed by atoms with Gasteiger partial charge in [0.05, 0.1) is 5.92 Å². The van der Waals surface area contributed by atoms with Crippen molar-refractivity contribution in [1.82, 2.24) is 10.2 Å². The Morgan fingerprint density at radius 1 is 1.30 bits per heavy atom. The highest BCUT2D eigenvalue weighted by atomic mass is 16.2. The molecule has 0 spiro atoms. The zero-order valence-electron chi connectivity index (χ0n) is 13.1. The molecular formula is C16H26N2O2. The third-order valence-corrected chi connectivity index (χ3v) is 3.39. The molecule has 0 bridgehead atoms. The molecule has 0 aromatic carbocycles. The van der Waals surface area contributed by atoms with Gasteiger partial charge in [0, 0.05) is 30.6 Å². The van der Waals surface area contributed by atoms with Crippen LogP contribution in [0.15, 0.2) is 23.9 Å². The Balaban J connectivity index is 2.75. The Morgan fingerprint density at radius 3 is 2.40 bits per heavy atom. The molecule has 0 fully saturated rings. The Labute approximate surface area is 121 Å². The minimum Gasteiger partial charge on any atom is -0.337 e. The monoisotopic (exact) mass is 278 g/mol. The lowest BCUT2D eigenvalue weighted by molar-refractivity contribution is -0.137. The fraction of sp³-hybridized carbons (Fsp3) is 0.625. The summed E-state index contributed by atoms with van der Waals surface area (Å²) in [7, 11) is 0. The van der Waals surface area contributed by atoms with Crippen molar-refractivity contribution in [2.45, 2.75) is 59.5 Å². The maximum Gasteiger partial charge on any atom is 0.230 e. The Morgan fingerprint density at radius 2 is 1.90 bits per heavy atom. The van der Waals surface area contributed by atoms with E-state index >= 15 is 0 Å². The SMILES string of the molecule is CCC(=O)NC1=CC=CC(C(=O)N(C(C)C)C(C)C)C1. The zero-order valence-corrected chi connectivity index (χ0v) is 13.1. The lowest BCUT2D eigenvalue weighted by atomic mass is 9.95. The first kappa shape index (κ1) is 16.5. The second-order valence-electron chi connectivity index (χ2n) is 5.72. The number of nitrogens with zero attached hydrogens (tertiary/aromatic N) is 1. The van der Waals surface area contributed by atoms with Crippen LogP contribution in [0.3, 0.4) is 0 Å². The van der Waals surface area contributed by atoms with Gasteiger partial charge in [0.1, 0.15) is 0 Å². The molecule has 0 heterocycles. The van der Waals surface area contributed by atoms with E-state index in [9.17, 15) is 9.59 Å². The first-order chi connectivity index (χ1) is 9.36. The molecule has 1 rings (SSSR count). The predicted molar refractivity (Wildman–Crippen MR) is 80.9 cm³/mol. The fourth-order valence-electron chi connectivity index (χ4n) is 2.51. The molecule has 1 atom stereocenters. The maximum atomic E-state index is 12.6. The first-order valence-electron chi connectivity index (χ1n) is 7.36. The van der Waals surface area contributed by atoms with Gasteiger partial charge in [0.25, 0.3) is 0 Å². The lowest BCUT2D eigenvalue weighted by Crippen LogP contribution is -2.45. The van der Waals surface area contributed by atoms with E-state index in [2.05, 4.69) is 5.32 Å². The van der Waals surface area contributed by atoms with Gasteiger partial charge in [-0.15, -0.1) is 0 Å². The molecule has 20 heavy (non-hydrogen) atoms. The average molecular weight is 278 g/mol. The molecule has 4 nitrogen and oxygen atoms in total. The summed E-state index contributed by atoms with van der Waals surface area (Å²) in [5.74, 6) is -0.0677. The summed E-state index contributed by atoms with van der Waals surface area (Å²) in [5, 5.41) is 2.85. The molecule has 2 amide bonds. The van der Waals surface area contributed by atoms with Crippen LogP contribution in [0.25, 0.3) is 0 Å². The van der Waals surface area contributed by atoms with Gasteiger partial charge in [-0.2, -0.15) is 0 Å². The van der Waals surface area contributed by atoms with E-state index in [0.717, 1.165) is 5.70 Å². The fourth-order valence-corrected chi connectivity index (χ4v) is 2.51. The number of rotatable bonds is 5. The Bertz CT molecular complexity index is 414. The summed E-state index contributed by atoms with van der Waals surface area (Å²) in [6, 6.07) is 0.353. The lowest BCUT2D eigenvalue weighted by Gasteiger charge is -2.34. The van der Waals surface area contributed by atoms with Gasteiger partial charge in [0.2, 0.25) is 11.8 Å². The van der Waals surface area contributed by atoms with Crippen molar-refractivity contribution in [3.63, 3.8) is 0 Å². The van der Waals surface area contributed by atoms with E-state index in [1.54, 1.807) is 0 Å². The van der Waals surface area contributed by atoms with Crippen molar-refractivity contribution in [3.05, 3.63) is 23.9 Å². The summed E-state index contributed by atoms with van der Waals surface area (Å²) in [6.07, 6.45) is 6.66. The van der Waals surface area contributed by atoms with E-state index < -0.39 is 0 Å². The van der Waals surface area contributed by atoms with Crippen molar-refractivity contribution in [1.29, 1.82) is 0 Å². The van der Waals surface area contributed by atoms with Crippen LogP contribution in [0.1, 0.15) is 47.5 Å². The minimum atomic E-state index is -0.183. The Hall–Kier alpha value is -1.58. The molecule has 0 aromatic heterocycles. The highest BCUT2D eigenvalue weighted by Crippen LogP contribution is 2.21. The molecule has 0 saturated carbocycles. The summed E-state index contributed by atoms with van der Waals surface area (Å²) in [4.78, 5) is 26.0. The van der Waals surface area contributed by atoms with Gasteiger partial charge in [-0.05, 0) is 33.8 Å². The largest absolute Gasteiger partial charge is 0.337 e. The molecule has 0 aromatic rings. The van der Waals surface area contributed by atoms with E-state index in [4.69, 9.17) is 0 Å². The second kappa shape index (κ2) is 7.27. The third kappa shape index (κ3) is 4.22. The van der Waals surface area contributed by atoms with Gasteiger partial charge < -0.3 is 10.2 Å². The highest BCUT2D eigenvalue weighted by Gasteiger charge is 2.28. The summed E-state index contributed by atoms with van der Waals surface area (Å²) < 4.78 is 0. The average Bonchev–Trinajstić information content (AvgIpc) is 2.38. The van der Waals surface area contributed by atoms with Crippen molar-refractivity contribution < 1.29 is 9.59 Å². The van der Waals surface area contributed by atoms with E-state index in [-0.39, 0.29) is 29.8 Å². The van der Waals surface area contributed by atoms with E-state index in [0.29, 0.717) is 12.8 Å². The topological polar surface area (TPSA) is 49.4 Å². The molecule has 1 aliphatic carbocycles. The molecule has 4 heteroatoms. The second-order valence-corrected chi connectivity index (χ2v) is 5.72. The number of allylic oxidation sites excluding steroid dienone is 3. The number of nitrogens with one attached hydrogen (secondary N) is 1. The quantitative estimate of drug-likeness (QED) is 0.840. The number of hydrogen-bond donors (Lipinski definition) is 1. The molecule has 0 radical (unpaired) electrons. The predicted octanol–water partition coefficient (Wildman–Crippen LogP) is 2.62. The number of amides is 2. The number of carbonyl (C=O) groups is 2. The van der Waals surface area contributed by atoms with Crippen LogP contribution in [0, 0.1) is 5.92 Å². The highest BCUT2D eigenvalue weighted by molar-refractivity contribution is 5.82. The van der Waals surface area contributed by atoms with Crippen LogP contribution >= 0.6 is 0 Å². The van der Waals surface area contributed by atoms with Crippen LogP contribution in [0.4, 0.5) is 0 Å². The van der Waals surface area contributed by atoms with Crippen LogP contribution in [0.5, 0.6) is 0 Å². The summed E-state index contributed by atoms with van der Waals surface area (Å²) >= 11 is 0. The van der Waals surface area contributed by atoms with Gasteiger partial charge in [-0.1, -0.05) is 19.1 Å². The Kier molecular flexibility index (Phi) is 5.99. The maximum absolute atomic E-state index is 12.6. The van der Waals surface area contributed by atoms with E-state index in [1.165, 1.54) is 0 Å². The van der Waals surface area contributed by atoms with Crippen LogP contribution < -0.4 is 5.32 Å². The molecule has 1 unspecified atom stereocenters. The molecule has 0 saturated heterocycles. The third-order valence-electron chi connectivity index (χ3n) is 3.39. The van der Waals surface area contributed by atoms with Gasteiger partial charge >= 0.3 is 0 Å². The van der Waals surface area contributed by atoms with Crippen molar-refractivity contribution in [2.75, 3.05) is 0 Å². The molecule has 0 aliphatic heterocycles.